The first-order valence-electron chi connectivity index (χ1n) is 0. The first-order valence-corrected chi connectivity index (χ1v) is 0. The Morgan fingerprint density at radius 2 is 0.231 bits per heavy atom. The zero-order valence-electron chi connectivity index (χ0n) is 7.63. The van der Waals surface area contributed by atoms with E-state index in [-0.39, 0.29) is 282 Å². The molecule has 7 nitrogen and oxygen atoms in total. The Kier molecular flexibility index (Phi) is 1520. The summed E-state index contributed by atoms with van der Waals surface area (Å²) in [5.41, 5.74) is 0. The van der Waals surface area contributed by atoms with Crippen molar-refractivity contribution in [2.24, 2.45) is 0 Å². The summed E-state index contributed by atoms with van der Waals surface area (Å²) in [5, 5.41) is 0. The summed E-state index contributed by atoms with van der Waals surface area (Å²) < 4.78 is 0. The fourth-order valence-corrected chi connectivity index (χ4v) is 0. The number of halogens is 3. The van der Waals surface area contributed by atoms with Gasteiger partial charge in [-0.2, -0.15) is 0 Å². The van der Waals surface area contributed by atoms with E-state index in [4.69, 9.17) is 0 Å². The van der Waals surface area contributed by atoms with Crippen LogP contribution in [0.5, 0.6) is 0 Å². The molecule has 0 rings (SSSR count). The molecule has 0 fully saturated rings. The summed E-state index contributed by atoms with van der Waals surface area (Å²) in [6.45, 7) is 0. The third-order valence-corrected chi connectivity index (χ3v) is 0. The van der Waals surface area contributed by atoms with Crippen LogP contribution < -0.4 is 244 Å². The van der Waals surface area contributed by atoms with Crippen molar-refractivity contribution in [1.82, 2.24) is 0 Å². The summed E-state index contributed by atoms with van der Waals surface area (Å²) in [6, 6.07) is 0. The second-order valence-electron chi connectivity index (χ2n) is 0. The molecule has 13 heteroatoms. The quantitative estimate of drug-likeness (QED) is 0.243. The van der Waals surface area contributed by atoms with Gasteiger partial charge in [0.05, 0.1) is 0 Å². The molecule has 0 bridgehead atoms. The van der Waals surface area contributed by atoms with Gasteiger partial charge in [-0.3, -0.25) is 0 Å². The second kappa shape index (κ2) is 130. The van der Waals surface area contributed by atoms with Gasteiger partial charge in [0.25, 0.3) is 0 Å². The molecular weight excluding hydrogens is 617 g/mol. The molecule has 0 atom stereocenters. The van der Waals surface area contributed by atoms with Crippen molar-refractivity contribution < 1.29 is 282 Å². The van der Waals surface area contributed by atoms with E-state index in [0.29, 0.717) is 0 Å². The first kappa shape index (κ1) is 152. The van der Waals surface area contributed by atoms with E-state index < -0.39 is 0 Å². The minimum absolute atomic E-state index is 0. The van der Waals surface area contributed by atoms with E-state index in [1.807, 2.05) is 0 Å². The zero-order chi connectivity index (χ0) is 0. The van der Waals surface area contributed by atoms with Crippen LogP contribution in [0.15, 0.2) is 0 Å². The van der Waals surface area contributed by atoms with Crippen molar-refractivity contribution in [3.63, 3.8) is 0 Å². The predicted molar refractivity (Wildman–Crippen MR) is 25.3 cm³/mol. The van der Waals surface area contributed by atoms with E-state index in [2.05, 4.69) is 0 Å². The van der Waals surface area contributed by atoms with Crippen molar-refractivity contribution in [2.45, 2.75) is 0 Å². The Labute approximate surface area is 272 Å². The SMILES string of the molecule is O.O.O.O.O.O.O.[Cl-].[Cl-].[Cl-].[Cs+].[Cs+].[Cs+]. The van der Waals surface area contributed by atoms with Gasteiger partial charge in [0.2, 0.25) is 0 Å². The smallest absolute Gasteiger partial charge is 1.00 e. The molecule has 0 saturated carbocycles. The largest absolute Gasteiger partial charge is 1.00 e. The topological polar surface area (TPSA) is 220 Å². The molecule has 14 N–H and O–H groups in total. The molecule has 0 aliphatic carbocycles. The minimum atomic E-state index is 0. The predicted octanol–water partition coefficient (Wildman–Crippen LogP) is -23.7. The van der Waals surface area contributed by atoms with Gasteiger partial charge in [0, 0.05) is 0 Å². The van der Waals surface area contributed by atoms with Crippen molar-refractivity contribution >= 4 is 0 Å². The third kappa shape index (κ3) is 116. The molecule has 0 heterocycles. The van der Waals surface area contributed by atoms with Crippen LogP contribution in [0.25, 0.3) is 0 Å². The maximum absolute atomic E-state index is 0. The molecule has 0 aliphatic heterocycles. The molecular formula is H14Cl3Cs3O7. The average molecular weight is 631 g/mol. The Balaban J connectivity index is 0. The Morgan fingerprint density at radius 1 is 0.231 bits per heavy atom. The molecule has 13 heavy (non-hydrogen) atoms. The van der Waals surface area contributed by atoms with Crippen LogP contribution in [0.1, 0.15) is 0 Å². The van der Waals surface area contributed by atoms with Gasteiger partial charge in [0.15, 0.2) is 0 Å². The van der Waals surface area contributed by atoms with Crippen molar-refractivity contribution in [3.05, 3.63) is 0 Å². The van der Waals surface area contributed by atoms with Crippen molar-refractivity contribution in [1.29, 1.82) is 0 Å². The van der Waals surface area contributed by atoms with Crippen LogP contribution in [-0.2, 0) is 0 Å². The van der Waals surface area contributed by atoms with Gasteiger partial charge < -0.3 is 75.6 Å². The maximum Gasteiger partial charge on any atom is 1.00 e. The summed E-state index contributed by atoms with van der Waals surface area (Å²) in [6.07, 6.45) is 0. The van der Waals surface area contributed by atoms with Crippen molar-refractivity contribution in [2.75, 3.05) is 0 Å². The molecule has 0 radical (unpaired) electrons. The molecule has 0 spiro atoms. The van der Waals surface area contributed by atoms with Crippen LogP contribution in [0.2, 0.25) is 0 Å². The minimum Gasteiger partial charge on any atom is -1.00 e. The number of hydrogen-bond acceptors (Lipinski definition) is 0. The van der Waals surface area contributed by atoms with Crippen LogP contribution >= 0.6 is 0 Å². The Hall–Kier alpha value is 6.75. The average Bonchev–Trinajstić information content (AvgIpc) is 0. The summed E-state index contributed by atoms with van der Waals surface area (Å²) in [5.74, 6) is 0. The normalized spacial score (nSPS) is 0. The van der Waals surface area contributed by atoms with Gasteiger partial charge in [0.1, 0.15) is 0 Å². The van der Waals surface area contributed by atoms with E-state index in [1.54, 1.807) is 0 Å². The molecule has 80 valence electrons. The molecule has 0 amide bonds. The van der Waals surface area contributed by atoms with Gasteiger partial charge in [-0.15, -0.1) is 0 Å². The molecule has 0 aromatic carbocycles. The number of hydrogen-bond donors (Lipinski definition) is 0. The Bertz CT molecular complexity index is 18.9. The first-order chi connectivity index (χ1) is 0. The maximum atomic E-state index is 0. The molecule has 0 aromatic rings. The monoisotopic (exact) mass is 630 g/mol. The molecule has 0 aromatic heterocycles. The van der Waals surface area contributed by atoms with E-state index in [0.717, 1.165) is 0 Å². The Morgan fingerprint density at radius 3 is 0.231 bits per heavy atom. The van der Waals surface area contributed by atoms with Crippen LogP contribution in [0.4, 0.5) is 0 Å². The molecule has 0 aliphatic rings. The summed E-state index contributed by atoms with van der Waals surface area (Å²) in [7, 11) is 0. The van der Waals surface area contributed by atoms with Crippen LogP contribution in [0.3, 0.4) is 0 Å². The molecule has 0 unspecified atom stereocenters. The number of rotatable bonds is 0. The summed E-state index contributed by atoms with van der Waals surface area (Å²) >= 11 is 0. The van der Waals surface area contributed by atoms with Crippen molar-refractivity contribution in [3.8, 4) is 0 Å². The zero-order valence-corrected chi connectivity index (χ0v) is 28.7. The fraction of sp³-hybridized carbons (Fsp3) is 0. The second-order valence-corrected chi connectivity index (χ2v) is 0. The third-order valence-electron chi connectivity index (χ3n) is 0. The fourth-order valence-electron chi connectivity index (χ4n) is 0. The van der Waals surface area contributed by atoms with E-state index in [9.17, 15) is 0 Å². The molecule has 0 saturated heterocycles. The van der Waals surface area contributed by atoms with Gasteiger partial charge in [-0.05, 0) is 0 Å². The van der Waals surface area contributed by atoms with Crippen LogP contribution in [0, 0.1) is 0 Å². The van der Waals surface area contributed by atoms with Gasteiger partial charge in [-0.25, -0.2) is 0 Å². The van der Waals surface area contributed by atoms with Gasteiger partial charge in [-0.1, -0.05) is 0 Å². The van der Waals surface area contributed by atoms with Crippen LogP contribution in [-0.4, -0.2) is 38.3 Å². The van der Waals surface area contributed by atoms with E-state index >= 15 is 0 Å². The van der Waals surface area contributed by atoms with Gasteiger partial charge >= 0.3 is 207 Å². The standard InChI is InChI=1S/3ClH.3Cs.7H2O/h3*1H;;;;7*1H2/q;;;3*+1;;;;;;;/p-3. The summed E-state index contributed by atoms with van der Waals surface area (Å²) in [4.78, 5) is 0. The van der Waals surface area contributed by atoms with E-state index in [1.165, 1.54) is 0 Å².